The summed E-state index contributed by atoms with van der Waals surface area (Å²) in [5.41, 5.74) is 3.12. The predicted molar refractivity (Wildman–Crippen MR) is 199 cm³/mol. The van der Waals surface area contributed by atoms with Crippen molar-refractivity contribution in [2.24, 2.45) is 0 Å². The summed E-state index contributed by atoms with van der Waals surface area (Å²) in [6, 6.07) is 9.40. The van der Waals surface area contributed by atoms with Crippen LogP contribution in [-0.2, 0) is 30.5 Å². The Hall–Kier alpha value is -1.61. The number of ether oxygens (including phenoxy) is 2. The van der Waals surface area contributed by atoms with Crippen molar-refractivity contribution >= 4 is 23.3 Å². The maximum Gasteiger partial charge on any atom is 2.00 e. The first-order valence-corrected chi connectivity index (χ1v) is 20.7. The first kappa shape index (κ1) is 47.4. The third-order valence-electron chi connectivity index (χ3n) is 9.53. The van der Waals surface area contributed by atoms with Gasteiger partial charge in [0.15, 0.2) is 10.1 Å². The minimum absolute atomic E-state index is 0. The van der Waals surface area contributed by atoms with E-state index in [0.29, 0.717) is 17.8 Å². The van der Waals surface area contributed by atoms with E-state index in [-0.39, 0.29) is 28.3 Å². The van der Waals surface area contributed by atoms with E-state index in [1.807, 2.05) is 20.1 Å². The Morgan fingerprint density at radius 3 is 1.45 bits per heavy atom. The molecule has 51 heavy (non-hydrogen) atoms. The van der Waals surface area contributed by atoms with Gasteiger partial charge in [0, 0.05) is 17.3 Å². The fraction of sp³-hybridized carbons (Fsp3) is 0.625. The number of halogens is 3. The topological polar surface area (TPSA) is 75.7 Å². The van der Waals surface area contributed by atoms with E-state index < -0.39 is 15.6 Å². The Morgan fingerprint density at radius 2 is 1.16 bits per heavy atom. The molecular formula is C40H56F3O5PPdS. The van der Waals surface area contributed by atoms with Crippen molar-refractivity contribution < 1.29 is 56.0 Å². The van der Waals surface area contributed by atoms with E-state index in [4.69, 9.17) is 28.9 Å². The van der Waals surface area contributed by atoms with Crippen LogP contribution in [0.25, 0.3) is 11.1 Å². The Labute approximate surface area is 321 Å². The van der Waals surface area contributed by atoms with Gasteiger partial charge in [0.05, 0.1) is 14.2 Å². The summed E-state index contributed by atoms with van der Waals surface area (Å²) in [6.45, 7) is 15.7. The summed E-state index contributed by atoms with van der Waals surface area (Å²) in [7, 11) is -2.71. The molecule has 288 valence electrons. The van der Waals surface area contributed by atoms with Gasteiger partial charge in [-0.25, -0.2) is 8.42 Å². The van der Waals surface area contributed by atoms with Gasteiger partial charge in [-0.05, 0) is 96.1 Å². The second kappa shape index (κ2) is 21.9. The van der Waals surface area contributed by atoms with Gasteiger partial charge in [-0.2, -0.15) is 13.2 Å². The van der Waals surface area contributed by atoms with Crippen molar-refractivity contribution in [2.45, 2.75) is 147 Å². The van der Waals surface area contributed by atoms with Crippen LogP contribution in [0.2, 0.25) is 0 Å². The molecule has 0 spiro atoms. The fourth-order valence-corrected chi connectivity index (χ4v) is 11.1. The predicted octanol–water partition coefficient (Wildman–Crippen LogP) is 11.2. The van der Waals surface area contributed by atoms with E-state index in [1.165, 1.54) is 97.3 Å². The maximum absolute atomic E-state index is 10.7. The summed E-state index contributed by atoms with van der Waals surface area (Å²) in [5.74, 6) is 5.43. The smallest absolute Gasteiger partial charge is 0.741 e. The third-order valence-corrected chi connectivity index (χ3v) is 13.7. The van der Waals surface area contributed by atoms with Gasteiger partial charge in [0.25, 0.3) is 0 Å². The Balaban J connectivity index is 0.000000862. The van der Waals surface area contributed by atoms with Crippen molar-refractivity contribution in [2.75, 3.05) is 14.2 Å². The molecule has 2 aromatic carbocycles. The number of rotatable bonds is 9. The number of hydrogen-bond donors (Lipinski definition) is 0. The quantitative estimate of drug-likeness (QED) is 0.0628. The Morgan fingerprint density at radius 1 is 0.784 bits per heavy atom. The zero-order valence-corrected chi connectivity index (χ0v) is 34.9. The monoisotopic (exact) mass is 842 g/mol. The van der Waals surface area contributed by atoms with Crippen molar-refractivity contribution in [3.05, 3.63) is 53.8 Å². The summed E-state index contributed by atoms with van der Waals surface area (Å²) >= 11 is 0. The van der Waals surface area contributed by atoms with Crippen LogP contribution < -0.4 is 14.8 Å². The molecule has 11 heteroatoms. The van der Waals surface area contributed by atoms with Crippen molar-refractivity contribution in [3.8, 4) is 28.5 Å². The average molecular weight is 843 g/mol. The molecule has 0 N–H and O–H groups in total. The molecule has 0 aromatic heterocycles. The molecule has 0 heterocycles. The molecule has 2 aliphatic rings. The number of benzene rings is 2. The van der Waals surface area contributed by atoms with Gasteiger partial charge in [0.2, 0.25) is 0 Å². The molecule has 0 amide bonds. The van der Waals surface area contributed by atoms with Crippen molar-refractivity contribution in [1.29, 1.82) is 0 Å². The molecule has 0 aliphatic heterocycles. The van der Waals surface area contributed by atoms with Crippen LogP contribution in [0.1, 0.15) is 147 Å². The third kappa shape index (κ3) is 13.0. The molecule has 2 aliphatic carbocycles. The van der Waals surface area contributed by atoms with Crippen LogP contribution in [0, 0.1) is 18.8 Å². The van der Waals surface area contributed by atoms with Gasteiger partial charge in [-0.3, -0.25) is 0 Å². The maximum atomic E-state index is 10.7. The largest absolute Gasteiger partial charge is 2.00 e. The van der Waals surface area contributed by atoms with Crippen LogP contribution >= 0.6 is 7.92 Å². The minimum Gasteiger partial charge on any atom is -0.741 e. The SMILES string of the molecule is COc1ccc(OC)c(P(C2CCCCC2)C2CCCCC2)c1-c1c(C(C)C)cc(C(C)C)cc1C(C)C.O=S(=O)([O-])C(F)(F)F.[C-]#C[C]C.[Pd+2]. The molecular weight excluding hydrogens is 787 g/mol. The molecule has 0 atom stereocenters. The van der Waals surface area contributed by atoms with Crippen molar-refractivity contribution in [1.82, 2.24) is 0 Å². The van der Waals surface area contributed by atoms with Gasteiger partial charge >= 0.3 is 25.9 Å². The molecule has 2 fully saturated rings. The van der Waals surface area contributed by atoms with E-state index in [1.54, 1.807) is 6.92 Å². The second-order valence-corrected chi connectivity index (χ2v) is 18.1. The molecule has 2 saturated carbocycles. The molecule has 0 unspecified atom stereocenters. The van der Waals surface area contributed by atoms with Crippen LogP contribution in [-0.4, -0.2) is 44.0 Å². The molecule has 5 nitrogen and oxygen atoms in total. The number of methoxy groups -OCH3 is 2. The van der Waals surface area contributed by atoms with E-state index in [0.717, 1.165) is 22.8 Å². The average Bonchev–Trinajstić information content (AvgIpc) is 3.08. The summed E-state index contributed by atoms with van der Waals surface area (Å²) in [6.07, 6.45) is 22.3. The van der Waals surface area contributed by atoms with E-state index in [2.05, 4.69) is 72.2 Å². The molecule has 2 aromatic rings. The number of alkyl halides is 3. The Bertz CT molecular complexity index is 1460. The second-order valence-electron chi connectivity index (χ2n) is 14.0. The summed E-state index contributed by atoms with van der Waals surface area (Å²) < 4.78 is 71.5. The van der Waals surface area contributed by atoms with Crippen LogP contribution in [0.4, 0.5) is 13.2 Å². The molecule has 4 rings (SSSR count). The molecule has 2 radical (unpaired) electrons. The van der Waals surface area contributed by atoms with Crippen LogP contribution in [0.5, 0.6) is 11.5 Å². The van der Waals surface area contributed by atoms with E-state index in [9.17, 15) is 13.2 Å². The van der Waals surface area contributed by atoms with Gasteiger partial charge in [0.1, 0.15) is 11.5 Å². The van der Waals surface area contributed by atoms with Crippen LogP contribution in [0.15, 0.2) is 24.3 Å². The normalized spacial score (nSPS) is 15.8. The van der Waals surface area contributed by atoms with Crippen molar-refractivity contribution in [3.63, 3.8) is 0 Å². The number of hydrogen-bond acceptors (Lipinski definition) is 5. The molecule has 0 saturated heterocycles. The van der Waals surface area contributed by atoms with E-state index >= 15 is 0 Å². The van der Waals surface area contributed by atoms with Gasteiger partial charge in [-0.15, -0.1) is 0 Å². The summed E-state index contributed by atoms with van der Waals surface area (Å²) in [5, 5.41) is 1.52. The molecule has 0 bridgehead atoms. The Kier molecular flexibility index (Phi) is 20.4. The zero-order chi connectivity index (χ0) is 37.8. The standard InChI is InChI=1S/C35H53O2P.C4H3.CHF3O3S.Pd/c1-23(2)26-21-29(24(3)4)33(30(22-26)25(5)6)34-31(36-7)19-20-32(37-8)35(34)38(27-15-11-9-12-16-27)28-17-13-10-14-18-28;1-3-4-2;2-1(3,4)8(5,6)7;/h19-25,27-28H,9-18H2,1-8H3;1H3;(H,5,6,7);/q;-1;;+2/p-1. The van der Waals surface area contributed by atoms with Crippen LogP contribution in [0.3, 0.4) is 0 Å². The first-order chi connectivity index (χ1) is 23.4. The van der Waals surface area contributed by atoms with Gasteiger partial charge in [-0.1, -0.05) is 100 Å². The zero-order valence-electron chi connectivity index (χ0n) is 31.6. The summed E-state index contributed by atoms with van der Waals surface area (Å²) in [4.78, 5) is 0. The first-order valence-electron chi connectivity index (χ1n) is 17.8. The van der Waals surface area contributed by atoms with Gasteiger partial charge < -0.3 is 26.4 Å². The fourth-order valence-electron chi connectivity index (χ4n) is 7.01. The minimum atomic E-state index is -6.09.